The van der Waals surface area contributed by atoms with E-state index in [0.29, 0.717) is 23.7 Å². The molecular formula is C29H27NO6S. The Balaban J connectivity index is 1.54. The Morgan fingerprint density at radius 1 is 1.05 bits per heavy atom. The number of aryl methyl sites for hydroxylation is 2. The Bertz CT molecular complexity index is 1520. The van der Waals surface area contributed by atoms with Gasteiger partial charge < -0.3 is 20.1 Å². The summed E-state index contributed by atoms with van der Waals surface area (Å²) in [7, 11) is 1.39. The standard InChI is InChI=1S/C29H27NO6S/c1-36-28-22(29(34)35)14-18-8-11-19(15-23(18)30-28)37-27(24(31)6-3-7-25(32)33)21-13-10-17-5-2-4-16-9-12-20(21)26(16)17/h2,4-5,8,10-11,13-15,24,27,31H,3,6-7,9,12H2,1H3,(H,32,33)(H,34,35). The van der Waals surface area contributed by atoms with Crippen LogP contribution < -0.4 is 4.74 Å². The lowest BCUT2D eigenvalue weighted by Gasteiger charge is -2.25. The van der Waals surface area contributed by atoms with Gasteiger partial charge in [-0.3, -0.25) is 4.79 Å². The molecule has 2 atom stereocenters. The maximum Gasteiger partial charge on any atom is 0.341 e. The number of pyridine rings is 1. The molecule has 37 heavy (non-hydrogen) atoms. The van der Waals surface area contributed by atoms with E-state index in [-0.39, 0.29) is 23.1 Å². The summed E-state index contributed by atoms with van der Waals surface area (Å²) in [6.45, 7) is 0. The third-order valence-electron chi connectivity index (χ3n) is 6.91. The fourth-order valence-electron chi connectivity index (χ4n) is 5.18. The molecule has 0 bridgehead atoms. The highest BCUT2D eigenvalue weighted by Gasteiger charge is 2.28. The molecule has 0 amide bonds. The Kier molecular flexibility index (Phi) is 7.04. The second-order valence-corrected chi connectivity index (χ2v) is 10.5. The minimum absolute atomic E-state index is 0.00265. The van der Waals surface area contributed by atoms with Crippen molar-refractivity contribution in [2.75, 3.05) is 7.11 Å². The van der Waals surface area contributed by atoms with Crippen LogP contribution >= 0.6 is 11.8 Å². The number of aromatic nitrogens is 1. The topological polar surface area (TPSA) is 117 Å². The third-order valence-corrected chi connectivity index (χ3v) is 8.26. The lowest BCUT2D eigenvalue weighted by atomic mass is 9.94. The number of hydrogen-bond donors (Lipinski definition) is 3. The van der Waals surface area contributed by atoms with Gasteiger partial charge in [-0.05, 0) is 71.3 Å². The first-order valence-corrected chi connectivity index (χ1v) is 13.1. The van der Waals surface area contributed by atoms with Crippen molar-refractivity contribution in [2.24, 2.45) is 0 Å². The van der Waals surface area contributed by atoms with E-state index in [1.165, 1.54) is 40.8 Å². The largest absolute Gasteiger partial charge is 0.481 e. The highest BCUT2D eigenvalue weighted by atomic mass is 32.2. The molecule has 190 valence electrons. The summed E-state index contributed by atoms with van der Waals surface area (Å²) >= 11 is 1.51. The molecule has 0 radical (unpaired) electrons. The van der Waals surface area contributed by atoms with Gasteiger partial charge in [0.25, 0.3) is 0 Å². The summed E-state index contributed by atoms with van der Waals surface area (Å²) in [5.41, 5.74) is 4.22. The molecular weight excluding hydrogens is 490 g/mol. The molecule has 8 heteroatoms. The number of carboxylic acids is 2. The quantitative estimate of drug-likeness (QED) is 0.231. The van der Waals surface area contributed by atoms with E-state index < -0.39 is 18.0 Å². The van der Waals surface area contributed by atoms with E-state index in [2.05, 4.69) is 35.3 Å². The van der Waals surface area contributed by atoms with Crippen LogP contribution in [0.25, 0.3) is 21.7 Å². The second-order valence-electron chi connectivity index (χ2n) is 9.25. The number of nitrogens with zero attached hydrogens (tertiary/aromatic N) is 1. The van der Waals surface area contributed by atoms with Crippen LogP contribution in [-0.4, -0.2) is 45.5 Å². The molecule has 5 rings (SSSR count). The van der Waals surface area contributed by atoms with Gasteiger partial charge in [-0.25, -0.2) is 9.78 Å². The average molecular weight is 518 g/mol. The van der Waals surface area contributed by atoms with Crippen LogP contribution in [-0.2, 0) is 17.6 Å². The van der Waals surface area contributed by atoms with E-state index in [4.69, 9.17) is 9.84 Å². The van der Waals surface area contributed by atoms with Gasteiger partial charge in [0.15, 0.2) is 0 Å². The lowest BCUT2D eigenvalue weighted by Crippen LogP contribution is -2.18. The molecule has 1 aromatic heterocycles. The van der Waals surface area contributed by atoms with Gasteiger partial charge in [-0.2, -0.15) is 0 Å². The van der Waals surface area contributed by atoms with Gasteiger partial charge in [0, 0.05) is 16.7 Å². The molecule has 1 aliphatic carbocycles. The number of methoxy groups -OCH3 is 1. The predicted octanol–water partition coefficient (Wildman–Crippen LogP) is 5.64. The number of hydrogen-bond acceptors (Lipinski definition) is 6. The first-order valence-electron chi connectivity index (χ1n) is 12.2. The fourth-order valence-corrected chi connectivity index (χ4v) is 6.44. The molecule has 1 aliphatic rings. The number of thioether (sulfide) groups is 1. The molecule has 4 aromatic rings. The lowest BCUT2D eigenvalue weighted by molar-refractivity contribution is -0.137. The molecule has 0 fully saturated rings. The van der Waals surface area contributed by atoms with Gasteiger partial charge in [0.1, 0.15) is 5.56 Å². The minimum Gasteiger partial charge on any atom is -0.481 e. The number of aliphatic hydroxyl groups is 1. The Morgan fingerprint density at radius 2 is 1.86 bits per heavy atom. The molecule has 3 N–H and O–H groups in total. The maximum absolute atomic E-state index is 11.6. The Morgan fingerprint density at radius 3 is 2.62 bits per heavy atom. The predicted molar refractivity (Wildman–Crippen MR) is 143 cm³/mol. The monoisotopic (exact) mass is 517 g/mol. The summed E-state index contributed by atoms with van der Waals surface area (Å²) < 4.78 is 5.20. The number of aromatic carboxylic acids is 1. The molecule has 0 spiro atoms. The van der Waals surface area contributed by atoms with Crippen LogP contribution in [0.15, 0.2) is 59.5 Å². The smallest absolute Gasteiger partial charge is 0.341 e. The number of aliphatic carboxylic acids is 1. The summed E-state index contributed by atoms with van der Waals surface area (Å²) in [4.78, 5) is 27.9. The fraction of sp³-hybridized carbons (Fsp3) is 0.276. The molecule has 7 nitrogen and oxygen atoms in total. The maximum atomic E-state index is 11.6. The molecule has 0 saturated heterocycles. The molecule has 0 saturated carbocycles. The van der Waals surface area contributed by atoms with Crippen LogP contribution in [0.3, 0.4) is 0 Å². The van der Waals surface area contributed by atoms with E-state index in [0.717, 1.165) is 23.3 Å². The number of ether oxygens (including phenoxy) is 1. The summed E-state index contributed by atoms with van der Waals surface area (Å²) in [5, 5.41) is 32.7. The number of aliphatic hydroxyl groups excluding tert-OH is 1. The van der Waals surface area contributed by atoms with Crippen molar-refractivity contribution in [3.63, 3.8) is 0 Å². The number of carbonyl (C=O) groups is 2. The second kappa shape index (κ2) is 10.4. The van der Waals surface area contributed by atoms with Crippen molar-refractivity contribution < 1.29 is 29.6 Å². The Hall–Kier alpha value is -3.62. The minimum atomic E-state index is -1.11. The molecule has 2 unspecified atom stereocenters. The van der Waals surface area contributed by atoms with Gasteiger partial charge in [-0.15, -0.1) is 11.8 Å². The van der Waals surface area contributed by atoms with Crippen molar-refractivity contribution >= 4 is 45.4 Å². The van der Waals surface area contributed by atoms with E-state index in [1.54, 1.807) is 6.07 Å². The van der Waals surface area contributed by atoms with Crippen molar-refractivity contribution in [3.05, 3.63) is 76.9 Å². The average Bonchev–Trinajstić information content (AvgIpc) is 3.32. The van der Waals surface area contributed by atoms with Crippen LogP contribution in [0.5, 0.6) is 5.88 Å². The van der Waals surface area contributed by atoms with Crippen molar-refractivity contribution in [1.82, 2.24) is 4.98 Å². The first kappa shape index (κ1) is 25.0. The summed E-state index contributed by atoms with van der Waals surface area (Å²) in [5.74, 6) is -1.94. The van der Waals surface area contributed by atoms with Crippen LogP contribution in [0, 0.1) is 0 Å². The SMILES string of the molecule is COc1nc2cc(SC(c3ccc4cccc5c4c3CC5)C(O)CCCC(=O)O)ccc2cc1C(=O)O. The molecule has 1 heterocycles. The molecule has 0 aliphatic heterocycles. The number of fused-ring (bicyclic) bond motifs is 1. The summed E-state index contributed by atoms with van der Waals surface area (Å²) in [6, 6.07) is 17.7. The zero-order valence-corrected chi connectivity index (χ0v) is 21.1. The van der Waals surface area contributed by atoms with Gasteiger partial charge >= 0.3 is 11.9 Å². The van der Waals surface area contributed by atoms with Crippen LogP contribution in [0.1, 0.15) is 51.6 Å². The van der Waals surface area contributed by atoms with Crippen molar-refractivity contribution in [1.29, 1.82) is 0 Å². The number of rotatable bonds is 10. The van der Waals surface area contributed by atoms with Crippen LogP contribution in [0.2, 0.25) is 0 Å². The zero-order valence-electron chi connectivity index (χ0n) is 20.3. The highest BCUT2D eigenvalue weighted by Crippen LogP contribution is 2.45. The van der Waals surface area contributed by atoms with E-state index in [9.17, 15) is 19.8 Å². The normalized spacial score (nSPS) is 14.1. The van der Waals surface area contributed by atoms with Crippen molar-refractivity contribution in [2.45, 2.75) is 48.4 Å². The van der Waals surface area contributed by atoms with E-state index >= 15 is 0 Å². The number of benzene rings is 3. The zero-order chi connectivity index (χ0) is 26.1. The van der Waals surface area contributed by atoms with Gasteiger partial charge in [-0.1, -0.05) is 36.4 Å². The Labute approximate surface area is 218 Å². The van der Waals surface area contributed by atoms with Crippen molar-refractivity contribution in [3.8, 4) is 5.88 Å². The van der Waals surface area contributed by atoms with Gasteiger partial charge in [0.05, 0.1) is 24.0 Å². The number of carboxylic acid groups (broad SMARTS) is 2. The van der Waals surface area contributed by atoms with E-state index in [1.807, 2.05) is 18.2 Å². The van der Waals surface area contributed by atoms with Gasteiger partial charge in [0.2, 0.25) is 5.88 Å². The van der Waals surface area contributed by atoms with Crippen LogP contribution in [0.4, 0.5) is 0 Å². The third kappa shape index (κ3) is 4.99. The molecule has 3 aromatic carbocycles. The summed E-state index contributed by atoms with van der Waals surface area (Å²) in [6.07, 6.45) is 1.87. The highest BCUT2D eigenvalue weighted by molar-refractivity contribution is 7.99. The first-order chi connectivity index (χ1) is 17.9.